The van der Waals surface area contributed by atoms with Gasteiger partial charge in [-0.3, -0.25) is 4.79 Å². The van der Waals surface area contributed by atoms with Gasteiger partial charge in [0.15, 0.2) is 6.10 Å². The molecule has 0 spiro atoms. The predicted molar refractivity (Wildman–Crippen MR) is 90.7 cm³/mol. The topological polar surface area (TPSA) is 116 Å². The lowest BCUT2D eigenvalue weighted by Crippen LogP contribution is -2.29. The molecule has 1 aromatic carbocycles. The summed E-state index contributed by atoms with van der Waals surface area (Å²) in [6.07, 6.45) is -1.08. The molecule has 1 unspecified atom stereocenters. The Balaban J connectivity index is 1.99. The van der Waals surface area contributed by atoms with Crippen molar-refractivity contribution in [3.63, 3.8) is 0 Å². The summed E-state index contributed by atoms with van der Waals surface area (Å²) in [6.45, 7) is 1.40. The van der Waals surface area contributed by atoms with Gasteiger partial charge >= 0.3 is 5.97 Å². The molecule has 1 atom stereocenters. The maximum atomic E-state index is 12.0. The first-order valence-electron chi connectivity index (χ1n) is 6.55. The molecule has 0 aliphatic rings. The van der Waals surface area contributed by atoms with Crippen molar-refractivity contribution in [3.05, 3.63) is 46.3 Å². The van der Waals surface area contributed by atoms with E-state index in [0.29, 0.717) is 10.7 Å². The van der Waals surface area contributed by atoms with Crippen LogP contribution in [0, 0.1) is 0 Å². The third-order valence-corrected chi connectivity index (χ3v) is 5.49. The smallest absolute Gasteiger partial charge is 0.339 e. The van der Waals surface area contributed by atoms with Gasteiger partial charge in [0.2, 0.25) is 10.0 Å². The van der Waals surface area contributed by atoms with Gasteiger partial charge in [0.05, 0.1) is 5.56 Å². The first-order valence-corrected chi connectivity index (χ1v) is 9.36. The van der Waals surface area contributed by atoms with Crippen molar-refractivity contribution in [1.29, 1.82) is 0 Å². The molecular weight excluding hydrogens is 376 g/mol. The standard InChI is InChI=1S/C14H13ClN2O5S2/c1-8(13(18)17-11-4-2-10(15)3-5-11)22-14(19)9-6-12(23-7-9)24(16,20)21/h2-8H,1H3,(H,17,18)(H2,16,20,21). The molecule has 0 fully saturated rings. The summed E-state index contributed by atoms with van der Waals surface area (Å²) in [6, 6.07) is 7.52. The summed E-state index contributed by atoms with van der Waals surface area (Å²) in [4.78, 5) is 23.9. The van der Waals surface area contributed by atoms with Crippen LogP contribution in [0.4, 0.5) is 5.69 Å². The first kappa shape index (κ1) is 18.4. The number of nitrogens with two attached hydrogens (primary N) is 1. The Morgan fingerprint density at radius 2 is 1.92 bits per heavy atom. The Morgan fingerprint density at radius 1 is 1.29 bits per heavy atom. The van der Waals surface area contributed by atoms with Crippen LogP contribution >= 0.6 is 22.9 Å². The number of hydrogen-bond donors (Lipinski definition) is 2. The normalized spacial score (nSPS) is 12.5. The van der Waals surface area contributed by atoms with Crippen LogP contribution in [-0.4, -0.2) is 26.4 Å². The highest BCUT2D eigenvalue weighted by Gasteiger charge is 2.21. The average molecular weight is 389 g/mol. The quantitative estimate of drug-likeness (QED) is 0.762. The van der Waals surface area contributed by atoms with Crippen LogP contribution in [0.15, 0.2) is 39.9 Å². The molecule has 0 radical (unpaired) electrons. The molecule has 1 amide bonds. The number of hydrogen-bond acceptors (Lipinski definition) is 6. The molecule has 10 heteroatoms. The SMILES string of the molecule is CC(OC(=O)c1csc(S(N)(=O)=O)c1)C(=O)Nc1ccc(Cl)cc1. The van der Waals surface area contributed by atoms with Crippen molar-refractivity contribution in [3.8, 4) is 0 Å². The van der Waals surface area contributed by atoms with E-state index in [-0.39, 0.29) is 9.77 Å². The maximum absolute atomic E-state index is 12.0. The molecule has 0 aliphatic carbocycles. The van der Waals surface area contributed by atoms with E-state index in [4.69, 9.17) is 21.5 Å². The Kier molecular flexibility index (Phi) is 5.60. The molecule has 1 aromatic heterocycles. The maximum Gasteiger partial charge on any atom is 0.339 e. The summed E-state index contributed by atoms with van der Waals surface area (Å²) in [7, 11) is -3.88. The molecule has 24 heavy (non-hydrogen) atoms. The van der Waals surface area contributed by atoms with E-state index in [9.17, 15) is 18.0 Å². The average Bonchev–Trinajstić information content (AvgIpc) is 2.99. The minimum Gasteiger partial charge on any atom is -0.449 e. The van der Waals surface area contributed by atoms with Crippen LogP contribution in [0.5, 0.6) is 0 Å². The number of carbonyl (C=O) groups excluding carboxylic acids is 2. The summed E-state index contributed by atoms with van der Waals surface area (Å²) >= 11 is 6.55. The van der Waals surface area contributed by atoms with Crippen molar-refractivity contribution in [1.82, 2.24) is 0 Å². The lowest BCUT2D eigenvalue weighted by Gasteiger charge is -2.13. The number of ether oxygens (including phenoxy) is 1. The number of primary sulfonamides is 1. The second kappa shape index (κ2) is 7.31. The number of amides is 1. The van der Waals surface area contributed by atoms with Crippen LogP contribution in [0.1, 0.15) is 17.3 Å². The first-order chi connectivity index (χ1) is 11.2. The van der Waals surface area contributed by atoms with Crippen LogP contribution in [0.25, 0.3) is 0 Å². The second-order valence-electron chi connectivity index (χ2n) is 4.74. The molecular formula is C14H13ClN2O5S2. The Hall–Kier alpha value is -1.94. The monoisotopic (exact) mass is 388 g/mol. The van der Waals surface area contributed by atoms with Crippen molar-refractivity contribution >= 4 is 50.5 Å². The molecule has 0 bridgehead atoms. The van der Waals surface area contributed by atoms with Gasteiger partial charge in [0, 0.05) is 16.1 Å². The van der Waals surface area contributed by atoms with E-state index in [1.54, 1.807) is 24.3 Å². The Morgan fingerprint density at radius 3 is 2.46 bits per heavy atom. The number of benzene rings is 1. The minimum atomic E-state index is -3.88. The third kappa shape index (κ3) is 4.78. The number of anilines is 1. The lowest BCUT2D eigenvalue weighted by atomic mass is 10.3. The van der Waals surface area contributed by atoms with Gasteiger partial charge in [0.25, 0.3) is 5.91 Å². The number of rotatable bonds is 5. The summed E-state index contributed by atoms with van der Waals surface area (Å²) in [5.41, 5.74) is 0.509. The highest BCUT2D eigenvalue weighted by molar-refractivity contribution is 7.91. The number of esters is 1. The Labute approximate surface area is 147 Å². The number of carbonyl (C=O) groups is 2. The van der Waals surface area contributed by atoms with Gasteiger partial charge in [0.1, 0.15) is 4.21 Å². The number of nitrogens with one attached hydrogen (secondary N) is 1. The molecule has 1 heterocycles. The van der Waals surface area contributed by atoms with Gasteiger partial charge in [-0.15, -0.1) is 11.3 Å². The summed E-state index contributed by atoms with van der Waals surface area (Å²) in [5, 5.41) is 9.36. The fourth-order valence-electron chi connectivity index (χ4n) is 1.63. The number of thiophene rings is 1. The number of halogens is 1. The van der Waals surface area contributed by atoms with Crippen LogP contribution < -0.4 is 10.5 Å². The molecule has 0 saturated carbocycles. The molecule has 0 aliphatic heterocycles. The van der Waals surface area contributed by atoms with Gasteiger partial charge in [-0.2, -0.15) is 0 Å². The van der Waals surface area contributed by atoms with E-state index >= 15 is 0 Å². The molecule has 0 saturated heterocycles. The lowest BCUT2D eigenvalue weighted by molar-refractivity contribution is -0.123. The van der Waals surface area contributed by atoms with E-state index in [2.05, 4.69) is 5.32 Å². The van der Waals surface area contributed by atoms with Gasteiger partial charge in [-0.1, -0.05) is 11.6 Å². The van der Waals surface area contributed by atoms with Gasteiger partial charge < -0.3 is 10.1 Å². The summed E-state index contributed by atoms with van der Waals surface area (Å²) < 4.78 is 27.2. The van der Waals surface area contributed by atoms with Crippen molar-refractivity contribution in [2.24, 2.45) is 5.14 Å². The van der Waals surface area contributed by atoms with Crippen molar-refractivity contribution in [2.75, 3.05) is 5.32 Å². The van der Waals surface area contributed by atoms with Crippen LogP contribution in [0.3, 0.4) is 0 Å². The molecule has 3 N–H and O–H groups in total. The number of sulfonamides is 1. The highest BCUT2D eigenvalue weighted by atomic mass is 35.5. The zero-order valence-corrected chi connectivity index (χ0v) is 14.7. The molecule has 2 rings (SSSR count). The molecule has 2 aromatic rings. The van der Waals surface area contributed by atoms with Crippen LogP contribution in [0.2, 0.25) is 5.02 Å². The zero-order valence-electron chi connectivity index (χ0n) is 12.4. The Bertz CT molecular complexity index is 862. The van der Waals surface area contributed by atoms with E-state index < -0.39 is 28.0 Å². The molecule has 7 nitrogen and oxygen atoms in total. The van der Waals surface area contributed by atoms with Crippen molar-refractivity contribution in [2.45, 2.75) is 17.2 Å². The fraction of sp³-hybridized carbons (Fsp3) is 0.143. The van der Waals surface area contributed by atoms with E-state index in [1.807, 2.05) is 0 Å². The summed E-state index contributed by atoms with van der Waals surface area (Å²) in [5.74, 6) is -1.35. The van der Waals surface area contributed by atoms with Crippen molar-refractivity contribution < 1.29 is 22.7 Å². The second-order valence-corrected chi connectivity index (χ2v) is 7.88. The third-order valence-electron chi connectivity index (χ3n) is 2.86. The van der Waals surface area contributed by atoms with Gasteiger partial charge in [-0.25, -0.2) is 18.4 Å². The molecule has 128 valence electrons. The van der Waals surface area contributed by atoms with E-state index in [0.717, 1.165) is 17.4 Å². The van der Waals surface area contributed by atoms with Crippen LogP contribution in [-0.2, 0) is 19.6 Å². The highest BCUT2D eigenvalue weighted by Crippen LogP contribution is 2.20. The predicted octanol–water partition coefficient (Wildman–Crippen LogP) is 2.23. The van der Waals surface area contributed by atoms with E-state index in [1.165, 1.54) is 12.3 Å². The largest absolute Gasteiger partial charge is 0.449 e. The zero-order chi connectivity index (χ0) is 17.9. The minimum absolute atomic E-state index is 0.00941. The van der Waals surface area contributed by atoms with Gasteiger partial charge in [-0.05, 0) is 37.3 Å². The fourth-order valence-corrected chi connectivity index (χ4v) is 3.33.